The minimum absolute atomic E-state index is 0.151. The maximum Gasteiger partial charge on any atom is 0.0617 e. The number of pyridine rings is 1. The molecule has 17 heavy (non-hydrogen) atoms. The lowest BCUT2D eigenvalue weighted by Crippen LogP contribution is -2.26. The second kappa shape index (κ2) is 5.77. The van der Waals surface area contributed by atoms with E-state index in [0.29, 0.717) is 5.92 Å². The van der Waals surface area contributed by atoms with E-state index in [9.17, 15) is 0 Å². The van der Waals surface area contributed by atoms with Gasteiger partial charge in [0, 0.05) is 31.5 Å². The van der Waals surface area contributed by atoms with Gasteiger partial charge in [0.2, 0.25) is 0 Å². The Bertz CT molecular complexity index is 372. The molecule has 92 valence electrons. The summed E-state index contributed by atoms with van der Waals surface area (Å²) in [7, 11) is 0. The Balaban J connectivity index is 2.25. The molecule has 1 N–H and O–H groups in total. The van der Waals surface area contributed by atoms with E-state index < -0.39 is 0 Å². The molecular weight excluding hydrogens is 216 g/mol. The number of ether oxygens (including phenoxy) is 1. The van der Waals surface area contributed by atoms with E-state index in [0.717, 1.165) is 37.3 Å². The SMILES string of the molecule is CC(=NO)C(c1cccnc1)C1CCOCC1. The highest BCUT2D eigenvalue weighted by molar-refractivity contribution is 5.88. The van der Waals surface area contributed by atoms with E-state index in [4.69, 9.17) is 9.94 Å². The lowest BCUT2D eigenvalue weighted by molar-refractivity contribution is 0.0635. The van der Waals surface area contributed by atoms with Crippen LogP contribution in [0, 0.1) is 5.92 Å². The van der Waals surface area contributed by atoms with E-state index in [1.54, 1.807) is 6.20 Å². The molecule has 2 rings (SSSR count). The summed E-state index contributed by atoms with van der Waals surface area (Å²) >= 11 is 0. The van der Waals surface area contributed by atoms with Gasteiger partial charge in [-0.1, -0.05) is 11.2 Å². The number of hydrogen-bond acceptors (Lipinski definition) is 4. The van der Waals surface area contributed by atoms with Crippen molar-refractivity contribution in [2.75, 3.05) is 13.2 Å². The second-order valence-electron chi connectivity index (χ2n) is 4.46. The molecule has 4 nitrogen and oxygen atoms in total. The Morgan fingerprint density at radius 3 is 2.88 bits per heavy atom. The molecule has 0 amide bonds. The van der Waals surface area contributed by atoms with Gasteiger partial charge in [-0.3, -0.25) is 4.98 Å². The molecule has 4 heteroatoms. The molecule has 0 aliphatic carbocycles. The van der Waals surface area contributed by atoms with Gasteiger partial charge in [-0.25, -0.2) is 0 Å². The molecule has 0 spiro atoms. The summed E-state index contributed by atoms with van der Waals surface area (Å²) in [6, 6.07) is 3.97. The van der Waals surface area contributed by atoms with Crippen LogP contribution in [0.3, 0.4) is 0 Å². The Hall–Kier alpha value is -1.42. The molecular formula is C13H18N2O2. The first kappa shape index (κ1) is 12.0. The van der Waals surface area contributed by atoms with Crippen LogP contribution in [0.2, 0.25) is 0 Å². The summed E-state index contributed by atoms with van der Waals surface area (Å²) in [6.45, 7) is 3.45. The molecule has 0 aromatic carbocycles. The number of rotatable bonds is 3. The van der Waals surface area contributed by atoms with Gasteiger partial charge < -0.3 is 9.94 Å². The van der Waals surface area contributed by atoms with Gasteiger partial charge in [-0.15, -0.1) is 0 Å². The van der Waals surface area contributed by atoms with Crippen LogP contribution in [0.15, 0.2) is 29.7 Å². The highest BCUT2D eigenvalue weighted by Gasteiger charge is 2.28. The van der Waals surface area contributed by atoms with E-state index in [1.807, 2.05) is 25.3 Å². The van der Waals surface area contributed by atoms with Crippen molar-refractivity contribution in [2.45, 2.75) is 25.7 Å². The minimum Gasteiger partial charge on any atom is -0.411 e. The summed E-state index contributed by atoms with van der Waals surface area (Å²) in [4.78, 5) is 4.15. The molecule has 1 atom stereocenters. The zero-order valence-electron chi connectivity index (χ0n) is 10.0. The second-order valence-corrected chi connectivity index (χ2v) is 4.46. The van der Waals surface area contributed by atoms with Crippen LogP contribution >= 0.6 is 0 Å². The quantitative estimate of drug-likeness (QED) is 0.496. The van der Waals surface area contributed by atoms with Gasteiger partial charge in [-0.2, -0.15) is 0 Å². The number of nitrogens with zero attached hydrogens (tertiary/aromatic N) is 2. The zero-order valence-corrected chi connectivity index (χ0v) is 10.0. The summed E-state index contributed by atoms with van der Waals surface area (Å²) < 4.78 is 5.38. The molecule has 1 aromatic rings. The Morgan fingerprint density at radius 1 is 1.53 bits per heavy atom. The van der Waals surface area contributed by atoms with Gasteiger partial charge in [0.05, 0.1) is 5.71 Å². The first-order valence-corrected chi connectivity index (χ1v) is 5.99. The van der Waals surface area contributed by atoms with Crippen LogP contribution in [0.1, 0.15) is 31.2 Å². The Morgan fingerprint density at radius 2 is 2.29 bits per heavy atom. The van der Waals surface area contributed by atoms with Crippen LogP contribution in [-0.2, 0) is 4.74 Å². The first-order chi connectivity index (χ1) is 8.33. The van der Waals surface area contributed by atoms with Gasteiger partial charge in [0.25, 0.3) is 0 Å². The zero-order chi connectivity index (χ0) is 12.1. The van der Waals surface area contributed by atoms with Crippen LogP contribution in [0.5, 0.6) is 0 Å². The topological polar surface area (TPSA) is 54.7 Å². The van der Waals surface area contributed by atoms with Crippen molar-refractivity contribution >= 4 is 5.71 Å². The Labute approximate surface area is 101 Å². The van der Waals surface area contributed by atoms with Crippen molar-refractivity contribution in [1.82, 2.24) is 4.98 Å². The van der Waals surface area contributed by atoms with Crippen molar-refractivity contribution in [2.24, 2.45) is 11.1 Å². The van der Waals surface area contributed by atoms with Gasteiger partial charge in [0.15, 0.2) is 0 Å². The smallest absolute Gasteiger partial charge is 0.0617 e. The van der Waals surface area contributed by atoms with Crippen LogP contribution in [0.25, 0.3) is 0 Å². The third kappa shape index (κ3) is 2.82. The van der Waals surface area contributed by atoms with Crippen molar-refractivity contribution in [1.29, 1.82) is 0 Å². The molecule has 1 saturated heterocycles. The monoisotopic (exact) mass is 234 g/mol. The van der Waals surface area contributed by atoms with Gasteiger partial charge in [-0.05, 0) is 37.3 Å². The average molecular weight is 234 g/mol. The summed E-state index contributed by atoms with van der Waals surface area (Å²) in [6.07, 6.45) is 5.63. The molecule has 1 fully saturated rings. The largest absolute Gasteiger partial charge is 0.411 e. The minimum atomic E-state index is 0.151. The fraction of sp³-hybridized carbons (Fsp3) is 0.538. The fourth-order valence-electron chi connectivity index (χ4n) is 2.53. The van der Waals surface area contributed by atoms with Crippen molar-refractivity contribution in [3.63, 3.8) is 0 Å². The molecule has 0 radical (unpaired) electrons. The molecule has 1 aliphatic heterocycles. The Kier molecular flexibility index (Phi) is 4.09. The summed E-state index contributed by atoms with van der Waals surface area (Å²) in [5, 5.41) is 12.4. The lowest BCUT2D eigenvalue weighted by Gasteiger charge is -2.29. The molecule has 1 aromatic heterocycles. The summed E-state index contributed by atoms with van der Waals surface area (Å²) in [5.41, 5.74) is 1.87. The molecule has 1 aliphatic rings. The third-order valence-electron chi connectivity index (χ3n) is 3.39. The lowest BCUT2D eigenvalue weighted by atomic mass is 9.79. The predicted octanol–water partition coefficient (Wildman–Crippen LogP) is 2.44. The highest BCUT2D eigenvalue weighted by Crippen LogP contribution is 2.32. The molecule has 1 unspecified atom stereocenters. The molecule has 2 heterocycles. The summed E-state index contributed by atoms with van der Waals surface area (Å²) in [5.74, 6) is 0.626. The van der Waals surface area contributed by atoms with Crippen LogP contribution in [0.4, 0.5) is 0 Å². The molecule has 0 saturated carbocycles. The average Bonchev–Trinajstić information content (AvgIpc) is 2.41. The van der Waals surface area contributed by atoms with E-state index in [1.165, 1.54) is 0 Å². The predicted molar refractivity (Wildman–Crippen MR) is 65.4 cm³/mol. The number of hydrogen-bond donors (Lipinski definition) is 1. The number of aromatic nitrogens is 1. The van der Waals surface area contributed by atoms with Crippen LogP contribution in [-0.4, -0.2) is 29.1 Å². The standard InChI is InChI=1S/C13H18N2O2/c1-10(15-16)13(11-4-7-17-8-5-11)12-3-2-6-14-9-12/h2-3,6,9,11,13,16H,4-5,7-8H2,1H3. The first-order valence-electron chi connectivity index (χ1n) is 5.99. The van der Waals surface area contributed by atoms with E-state index in [2.05, 4.69) is 10.1 Å². The maximum atomic E-state index is 9.03. The van der Waals surface area contributed by atoms with E-state index in [-0.39, 0.29) is 5.92 Å². The number of oxime groups is 1. The van der Waals surface area contributed by atoms with Gasteiger partial charge in [0.1, 0.15) is 0 Å². The highest BCUT2D eigenvalue weighted by atomic mass is 16.5. The fourth-order valence-corrected chi connectivity index (χ4v) is 2.53. The van der Waals surface area contributed by atoms with E-state index >= 15 is 0 Å². The molecule has 0 bridgehead atoms. The van der Waals surface area contributed by atoms with Crippen molar-refractivity contribution in [3.8, 4) is 0 Å². The van der Waals surface area contributed by atoms with Crippen LogP contribution < -0.4 is 0 Å². The van der Waals surface area contributed by atoms with Crippen molar-refractivity contribution < 1.29 is 9.94 Å². The van der Waals surface area contributed by atoms with Crippen molar-refractivity contribution in [3.05, 3.63) is 30.1 Å². The van der Waals surface area contributed by atoms with Gasteiger partial charge >= 0.3 is 0 Å². The third-order valence-corrected chi connectivity index (χ3v) is 3.39. The normalized spacial score (nSPS) is 20.2. The maximum absolute atomic E-state index is 9.03.